The molecule has 35 heavy (non-hydrogen) atoms. The van der Waals surface area contributed by atoms with Crippen LogP contribution in [0.5, 0.6) is 0 Å². The smallest absolute Gasteiger partial charge is 0.332 e. The second kappa shape index (κ2) is 8.69. The van der Waals surface area contributed by atoms with Gasteiger partial charge in [0.2, 0.25) is 0 Å². The molecular weight excluding hydrogens is 458 g/mol. The fraction of sp³-hybridized carbons (Fsp3) is 0.400. The van der Waals surface area contributed by atoms with Crippen molar-refractivity contribution in [3.63, 3.8) is 0 Å². The number of halogens is 2. The minimum Gasteiger partial charge on any atom is -0.479 e. The standard InChI is InChI=1S/C25H26F2N4O4/c1-25(2,12-34-3)22-20(13-4-7-19(24(32)33)35-11-13)21-18(8-14-10-28-30-23(14)29-21)31(22)15-5-6-16(26)17(27)9-15/h5-6,8-10,13,19H,4,7,11-12H2,1-3H3,(H,32,33)(H,28,29,30)/t13-,19?/m0/s1. The van der Waals surface area contributed by atoms with E-state index in [1.54, 1.807) is 13.3 Å². The van der Waals surface area contributed by atoms with E-state index in [4.69, 9.17) is 14.5 Å². The van der Waals surface area contributed by atoms with Gasteiger partial charge in [0.15, 0.2) is 23.4 Å². The van der Waals surface area contributed by atoms with Crippen LogP contribution in [0.15, 0.2) is 30.5 Å². The van der Waals surface area contributed by atoms with Gasteiger partial charge in [0.05, 0.1) is 30.4 Å². The summed E-state index contributed by atoms with van der Waals surface area (Å²) in [6.45, 7) is 4.58. The van der Waals surface area contributed by atoms with Crippen LogP contribution in [-0.4, -0.2) is 57.3 Å². The first kappa shape index (κ1) is 23.4. The van der Waals surface area contributed by atoms with Gasteiger partial charge < -0.3 is 19.1 Å². The molecule has 0 bridgehead atoms. The van der Waals surface area contributed by atoms with E-state index in [0.717, 1.165) is 22.7 Å². The molecular formula is C25H26F2N4O4. The van der Waals surface area contributed by atoms with E-state index in [1.165, 1.54) is 12.1 Å². The quantitative estimate of drug-likeness (QED) is 0.419. The number of carbonyl (C=O) groups is 1. The molecule has 1 fully saturated rings. The van der Waals surface area contributed by atoms with E-state index in [0.29, 0.717) is 41.8 Å². The van der Waals surface area contributed by atoms with Crippen LogP contribution in [0.3, 0.4) is 0 Å². The molecule has 10 heteroatoms. The SMILES string of the molecule is COCC(C)(C)c1c([C@H]2CCC(C(=O)O)OC2)c2nc3[nH]ncc3cc2n1-c1ccc(F)c(F)c1. The minimum absolute atomic E-state index is 0.154. The molecule has 0 saturated carbocycles. The lowest BCUT2D eigenvalue weighted by Gasteiger charge is -2.32. The van der Waals surface area contributed by atoms with E-state index in [-0.39, 0.29) is 12.5 Å². The maximum Gasteiger partial charge on any atom is 0.332 e. The van der Waals surface area contributed by atoms with E-state index >= 15 is 0 Å². The summed E-state index contributed by atoms with van der Waals surface area (Å²) in [4.78, 5) is 16.3. The molecule has 2 atom stereocenters. The molecule has 3 aromatic heterocycles. The van der Waals surface area contributed by atoms with Crippen molar-refractivity contribution in [3.05, 3.63) is 53.4 Å². The number of carboxylic acid groups (broad SMARTS) is 1. The highest BCUT2D eigenvalue weighted by molar-refractivity contribution is 5.94. The van der Waals surface area contributed by atoms with Gasteiger partial charge in [-0.25, -0.2) is 18.6 Å². The number of fused-ring (bicyclic) bond motifs is 2. The number of aromatic nitrogens is 4. The Hall–Kier alpha value is -3.37. The van der Waals surface area contributed by atoms with Crippen molar-refractivity contribution in [2.45, 2.75) is 44.1 Å². The summed E-state index contributed by atoms with van der Waals surface area (Å²) in [6, 6.07) is 5.73. The van der Waals surface area contributed by atoms with Crippen LogP contribution in [0.4, 0.5) is 8.78 Å². The van der Waals surface area contributed by atoms with E-state index in [2.05, 4.69) is 10.2 Å². The van der Waals surface area contributed by atoms with Crippen LogP contribution < -0.4 is 0 Å². The Morgan fingerprint density at radius 1 is 1.29 bits per heavy atom. The highest BCUT2D eigenvalue weighted by atomic mass is 19.2. The molecule has 0 radical (unpaired) electrons. The van der Waals surface area contributed by atoms with E-state index < -0.39 is 29.1 Å². The van der Waals surface area contributed by atoms with Gasteiger partial charge in [-0.1, -0.05) is 13.8 Å². The summed E-state index contributed by atoms with van der Waals surface area (Å²) in [5.41, 5.74) is 3.57. The number of benzene rings is 1. The number of hydrogen-bond acceptors (Lipinski definition) is 5. The summed E-state index contributed by atoms with van der Waals surface area (Å²) < 4.78 is 41.4. The lowest BCUT2D eigenvalue weighted by molar-refractivity contribution is -0.153. The van der Waals surface area contributed by atoms with Gasteiger partial charge in [-0.15, -0.1) is 0 Å². The molecule has 4 aromatic rings. The van der Waals surface area contributed by atoms with E-state index in [9.17, 15) is 18.7 Å². The Labute approximate surface area is 199 Å². The maximum atomic E-state index is 14.4. The predicted octanol–water partition coefficient (Wildman–Crippen LogP) is 4.45. The van der Waals surface area contributed by atoms with Gasteiger partial charge in [0.25, 0.3) is 0 Å². The number of nitrogens with zero attached hydrogens (tertiary/aromatic N) is 3. The van der Waals surface area contributed by atoms with Gasteiger partial charge in [-0.3, -0.25) is 5.10 Å². The fourth-order valence-electron chi connectivity index (χ4n) is 5.14. The molecule has 184 valence electrons. The number of H-pyrrole nitrogens is 1. The Morgan fingerprint density at radius 3 is 2.74 bits per heavy atom. The summed E-state index contributed by atoms with van der Waals surface area (Å²) in [5, 5.41) is 17.1. The Morgan fingerprint density at radius 2 is 2.09 bits per heavy atom. The Balaban J connectivity index is 1.83. The zero-order valence-electron chi connectivity index (χ0n) is 19.6. The zero-order valence-corrected chi connectivity index (χ0v) is 19.6. The number of methoxy groups -OCH3 is 1. The van der Waals surface area contributed by atoms with Crippen LogP contribution in [0.1, 0.15) is 43.9 Å². The first-order valence-electron chi connectivity index (χ1n) is 11.4. The van der Waals surface area contributed by atoms with Crippen LogP contribution in [0.25, 0.3) is 27.8 Å². The molecule has 5 rings (SSSR count). The van der Waals surface area contributed by atoms with Gasteiger partial charge in [0, 0.05) is 46.8 Å². The number of ether oxygens (including phenoxy) is 2. The fourth-order valence-corrected chi connectivity index (χ4v) is 5.14. The van der Waals surface area contributed by atoms with Crippen LogP contribution >= 0.6 is 0 Å². The zero-order chi connectivity index (χ0) is 24.9. The van der Waals surface area contributed by atoms with E-state index in [1.807, 2.05) is 24.5 Å². The largest absolute Gasteiger partial charge is 0.479 e. The van der Waals surface area contributed by atoms with Crippen molar-refractivity contribution in [1.29, 1.82) is 0 Å². The highest BCUT2D eigenvalue weighted by Crippen LogP contribution is 2.44. The van der Waals surface area contributed by atoms with Crippen molar-refractivity contribution >= 4 is 28.0 Å². The number of hydrogen-bond donors (Lipinski definition) is 2. The number of pyridine rings is 1. The maximum absolute atomic E-state index is 14.4. The summed E-state index contributed by atoms with van der Waals surface area (Å²) in [6.07, 6.45) is 1.74. The molecule has 1 saturated heterocycles. The number of carboxylic acids is 1. The lowest BCUT2D eigenvalue weighted by atomic mass is 9.81. The lowest BCUT2D eigenvalue weighted by Crippen LogP contribution is -2.33. The Bertz CT molecular complexity index is 1420. The second-order valence-electron chi connectivity index (χ2n) is 9.61. The van der Waals surface area contributed by atoms with Gasteiger partial charge >= 0.3 is 5.97 Å². The molecule has 8 nitrogen and oxygen atoms in total. The molecule has 2 N–H and O–H groups in total. The Kier molecular flexibility index (Phi) is 5.80. The van der Waals surface area contributed by atoms with Crippen molar-refractivity contribution in [3.8, 4) is 5.69 Å². The van der Waals surface area contributed by atoms with Crippen LogP contribution in [0.2, 0.25) is 0 Å². The van der Waals surface area contributed by atoms with Crippen molar-refractivity contribution in [1.82, 2.24) is 19.7 Å². The van der Waals surface area contributed by atoms with Crippen molar-refractivity contribution < 1.29 is 28.2 Å². The first-order valence-corrected chi connectivity index (χ1v) is 11.4. The number of rotatable bonds is 6. The minimum atomic E-state index is -0.982. The second-order valence-corrected chi connectivity index (χ2v) is 9.61. The topological polar surface area (TPSA) is 102 Å². The average molecular weight is 485 g/mol. The van der Waals surface area contributed by atoms with Gasteiger partial charge in [0.1, 0.15) is 0 Å². The van der Waals surface area contributed by atoms with Crippen molar-refractivity contribution in [2.24, 2.45) is 0 Å². The molecule has 1 unspecified atom stereocenters. The monoisotopic (exact) mass is 484 g/mol. The third-order valence-electron chi connectivity index (χ3n) is 6.65. The normalized spacial score (nSPS) is 19.0. The third-order valence-corrected chi connectivity index (χ3v) is 6.65. The molecule has 0 aliphatic carbocycles. The number of aliphatic carboxylic acids is 1. The number of nitrogens with one attached hydrogen (secondary N) is 1. The highest BCUT2D eigenvalue weighted by Gasteiger charge is 2.38. The van der Waals surface area contributed by atoms with Gasteiger partial charge in [-0.2, -0.15) is 5.10 Å². The average Bonchev–Trinajstić information content (AvgIpc) is 3.41. The molecule has 4 heterocycles. The molecule has 1 aliphatic heterocycles. The van der Waals surface area contributed by atoms with Crippen LogP contribution in [-0.2, 0) is 19.7 Å². The first-order chi connectivity index (χ1) is 16.7. The summed E-state index contributed by atoms with van der Waals surface area (Å²) in [5.74, 6) is -3.02. The third kappa shape index (κ3) is 3.96. The molecule has 0 spiro atoms. The van der Waals surface area contributed by atoms with Crippen molar-refractivity contribution in [2.75, 3.05) is 20.3 Å². The van der Waals surface area contributed by atoms with Gasteiger partial charge in [-0.05, 0) is 31.0 Å². The number of aromatic amines is 1. The molecule has 1 aromatic carbocycles. The summed E-state index contributed by atoms with van der Waals surface area (Å²) in [7, 11) is 1.61. The summed E-state index contributed by atoms with van der Waals surface area (Å²) >= 11 is 0. The predicted molar refractivity (Wildman–Crippen MR) is 125 cm³/mol. The molecule has 0 amide bonds. The van der Waals surface area contributed by atoms with Crippen LogP contribution in [0, 0.1) is 11.6 Å². The molecule has 1 aliphatic rings.